The first-order valence-corrected chi connectivity index (χ1v) is 5.50. The van der Waals surface area contributed by atoms with E-state index in [2.05, 4.69) is 10.2 Å². The largest absolute Gasteiger partial charge is 0.374 e. The Balaban J connectivity index is 2.15. The van der Waals surface area contributed by atoms with Gasteiger partial charge >= 0.3 is 0 Å². The highest BCUT2D eigenvalue weighted by Gasteiger charge is 2.20. The minimum absolute atomic E-state index is 0.594. The van der Waals surface area contributed by atoms with Crippen LogP contribution in [0.25, 0.3) is 0 Å². The molecule has 1 aromatic heterocycles. The Bertz CT molecular complexity index is 242. The molecule has 0 spiro atoms. The van der Waals surface area contributed by atoms with Crippen LogP contribution in [0.4, 0.5) is 5.13 Å². The Morgan fingerprint density at radius 1 is 1.45 bits per heavy atom. The zero-order chi connectivity index (χ0) is 7.68. The molecule has 0 bridgehead atoms. The highest BCUT2D eigenvalue weighted by molar-refractivity contribution is 7.99. The molecule has 1 aliphatic rings. The third kappa shape index (κ3) is 1.49. The zero-order valence-electron chi connectivity index (χ0n) is 5.99. The lowest BCUT2D eigenvalue weighted by Crippen LogP contribution is -1.94. The molecular formula is C6H9N3S2. The monoisotopic (exact) mass is 187 g/mol. The van der Waals surface area contributed by atoms with Gasteiger partial charge in [-0.05, 0) is 12.2 Å². The lowest BCUT2D eigenvalue weighted by molar-refractivity contribution is 0.758. The minimum atomic E-state index is 0.594. The fourth-order valence-electron chi connectivity index (χ4n) is 1.14. The van der Waals surface area contributed by atoms with E-state index < -0.39 is 0 Å². The summed E-state index contributed by atoms with van der Waals surface area (Å²) < 4.78 is 0. The van der Waals surface area contributed by atoms with Crippen molar-refractivity contribution < 1.29 is 0 Å². The number of hydrogen-bond donors (Lipinski definition) is 1. The van der Waals surface area contributed by atoms with Crippen LogP contribution in [0.5, 0.6) is 0 Å². The van der Waals surface area contributed by atoms with E-state index in [0.717, 1.165) is 5.01 Å². The molecule has 5 heteroatoms. The lowest BCUT2D eigenvalue weighted by Gasteiger charge is -1.99. The van der Waals surface area contributed by atoms with Crippen LogP contribution >= 0.6 is 23.1 Å². The summed E-state index contributed by atoms with van der Waals surface area (Å²) >= 11 is 3.51. The first-order chi connectivity index (χ1) is 5.36. The van der Waals surface area contributed by atoms with Crippen molar-refractivity contribution in [2.45, 2.75) is 12.3 Å². The maximum atomic E-state index is 5.48. The van der Waals surface area contributed by atoms with E-state index in [1.165, 1.54) is 29.3 Å². The number of nitrogens with zero attached hydrogens (tertiary/aromatic N) is 2. The van der Waals surface area contributed by atoms with E-state index in [1.54, 1.807) is 0 Å². The van der Waals surface area contributed by atoms with Crippen LogP contribution in [0.15, 0.2) is 0 Å². The van der Waals surface area contributed by atoms with Crippen molar-refractivity contribution in [2.75, 3.05) is 17.2 Å². The van der Waals surface area contributed by atoms with Gasteiger partial charge in [0, 0.05) is 11.7 Å². The average molecular weight is 187 g/mol. The van der Waals surface area contributed by atoms with Gasteiger partial charge in [0.05, 0.1) is 0 Å². The van der Waals surface area contributed by atoms with E-state index in [9.17, 15) is 0 Å². The highest BCUT2D eigenvalue weighted by Crippen LogP contribution is 2.34. The van der Waals surface area contributed by atoms with Crippen LogP contribution in [0.3, 0.4) is 0 Å². The zero-order valence-corrected chi connectivity index (χ0v) is 7.62. The molecule has 1 unspecified atom stereocenters. The molecule has 11 heavy (non-hydrogen) atoms. The van der Waals surface area contributed by atoms with Gasteiger partial charge in [0.25, 0.3) is 0 Å². The normalized spacial score (nSPS) is 24.2. The van der Waals surface area contributed by atoms with E-state index >= 15 is 0 Å². The third-order valence-electron chi connectivity index (χ3n) is 1.74. The Labute approximate surface area is 73.4 Å². The number of anilines is 1. The molecule has 1 saturated heterocycles. The molecule has 3 nitrogen and oxygen atoms in total. The van der Waals surface area contributed by atoms with Gasteiger partial charge in [-0.1, -0.05) is 11.3 Å². The standard InChI is InChI=1S/C6H9N3S2/c7-6-9-8-5(11-6)4-1-2-10-3-4/h4H,1-3H2,(H2,7,9). The second-order valence-corrected chi connectivity index (χ2v) is 4.73. The van der Waals surface area contributed by atoms with Crippen molar-refractivity contribution >= 4 is 28.2 Å². The maximum absolute atomic E-state index is 5.48. The van der Waals surface area contributed by atoms with Gasteiger partial charge < -0.3 is 5.73 Å². The van der Waals surface area contributed by atoms with Crippen LogP contribution in [0.1, 0.15) is 17.3 Å². The predicted octanol–water partition coefficient (Wildman–Crippen LogP) is 1.34. The van der Waals surface area contributed by atoms with Gasteiger partial charge in [0.15, 0.2) is 0 Å². The number of hydrogen-bond acceptors (Lipinski definition) is 5. The molecule has 0 saturated carbocycles. The maximum Gasteiger partial charge on any atom is 0.203 e. The molecule has 0 aliphatic carbocycles. The van der Waals surface area contributed by atoms with Crippen LogP contribution in [-0.2, 0) is 0 Å². The average Bonchev–Trinajstić information content (AvgIpc) is 2.55. The fourth-order valence-corrected chi connectivity index (χ4v) is 3.22. The van der Waals surface area contributed by atoms with Crippen molar-refractivity contribution in [3.63, 3.8) is 0 Å². The second-order valence-electron chi connectivity index (χ2n) is 2.54. The summed E-state index contributed by atoms with van der Waals surface area (Å²) in [6.07, 6.45) is 1.24. The van der Waals surface area contributed by atoms with E-state index in [1.807, 2.05) is 11.8 Å². The van der Waals surface area contributed by atoms with Crippen molar-refractivity contribution in [2.24, 2.45) is 0 Å². The first kappa shape index (κ1) is 7.36. The van der Waals surface area contributed by atoms with Crippen LogP contribution < -0.4 is 5.73 Å². The molecule has 1 aromatic rings. The smallest absolute Gasteiger partial charge is 0.203 e. The molecule has 60 valence electrons. The fraction of sp³-hybridized carbons (Fsp3) is 0.667. The summed E-state index contributed by atoms with van der Waals surface area (Å²) in [6, 6.07) is 0. The summed E-state index contributed by atoms with van der Waals surface area (Å²) in [5.41, 5.74) is 5.48. The molecule has 0 amide bonds. The Morgan fingerprint density at radius 2 is 2.36 bits per heavy atom. The number of thioether (sulfide) groups is 1. The summed E-state index contributed by atoms with van der Waals surface area (Å²) in [7, 11) is 0. The molecule has 2 heterocycles. The second kappa shape index (κ2) is 2.98. The van der Waals surface area contributed by atoms with E-state index in [4.69, 9.17) is 5.73 Å². The molecular weight excluding hydrogens is 178 g/mol. The molecule has 1 aliphatic heterocycles. The number of nitrogens with two attached hydrogens (primary N) is 1. The lowest BCUT2D eigenvalue weighted by atomic mass is 10.1. The SMILES string of the molecule is Nc1nnc(C2CCSC2)s1. The Morgan fingerprint density at radius 3 is 2.91 bits per heavy atom. The number of aromatic nitrogens is 2. The van der Waals surface area contributed by atoms with E-state index in [-0.39, 0.29) is 0 Å². The molecule has 1 atom stereocenters. The number of nitrogen functional groups attached to an aromatic ring is 1. The summed E-state index contributed by atoms with van der Waals surface area (Å²) in [5.74, 6) is 3.06. The van der Waals surface area contributed by atoms with Gasteiger partial charge in [-0.15, -0.1) is 10.2 Å². The van der Waals surface area contributed by atoms with Crippen molar-refractivity contribution in [3.05, 3.63) is 5.01 Å². The summed E-state index contributed by atoms with van der Waals surface area (Å²) in [4.78, 5) is 0. The quantitative estimate of drug-likeness (QED) is 0.721. The predicted molar refractivity (Wildman–Crippen MR) is 49.0 cm³/mol. The first-order valence-electron chi connectivity index (χ1n) is 3.53. The topological polar surface area (TPSA) is 51.8 Å². The van der Waals surface area contributed by atoms with Crippen LogP contribution in [0.2, 0.25) is 0 Å². The van der Waals surface area contributed by atoms with E-state index in [0.29, 0.717) is 11.0 Å². The van der Waals surface area contributed by atoms with Crippen molar-refractivity contribution in [1.82, 2.24) is 10.2 Å². The molecule has 0 aromatic carbocycles. The van der Waals surface area contributed by atoms with Crippen molar-refractivity contribution in [3.8, 4) is 0 Å². The van der Waals surface area contributed by atoms with Gasteiger partial charge in [0.1, 0.15) is 5.01 Å². The van der Waals surface area contributed by atoms with Crippen LogP contribution in [0, 0.1) is 0 Å². The van der Waals surface area contributed by atoms with Gasteiger partial charge in [-0.3, -0.25) is 0 Å². The van der Waals surface area contributed by atoms with Gasteiger partial charge in [0.2, 0.25) is 5.13 Å². The molecule has 0 radical (unpaired) electrons. The van der Waals surface area contributed by atoms with Crippen LogP contribution in [-0.4, -0.2) is 21.7 Å². The Kier molecular flexibility index (Phi) is 2.00. The molecule has 2 N–H and O–H groups in total. The third-order valence-corrected chi connectivity index (χ3v) is 3.81. The summed E-state index contributed by atoms with van der Waals surface area (Å²) in [5, 5.41) is 9.54. The van der Waals surface area contributed by atoms with Gasteiger partial charge in [-0.25, -0.2) is 0 Å². The number of rotatable bonds is 1. The highest BCUT2D eigenvalue weighted by atomic mass is 32.2. The molecule has 2 rings (SSSR count). The minimum Gasteiger partial charge on any atom is -0.374 e. The Hall–Kier alpha value is -0.290. The molecule has 1 fully saturated rings. The summed E-state index contributed by atoms with van der Waals surface area (Å²) in [6.45, 7) is 0. The van der Waals surface area contributed by atoms with Crippen molar-refractivity contribution in [1.29, 1.82) is 0 Å². The van der Waals surface area contributed by atoms with Gasteiger partial charge in [-0.2, -0.15) is 11.8 Å².